The number of ether oxygens (including phenoxy) is 1. The second-order valence-corrected chi connectivity index (χ2v) is 7.20. The minimum absolute atomic E-state index is 0.236. The Morgan fingerprint density at radius 3 is 2.54 bits per heavy atom. The van der Waals surface area contributed by atoms with E-state index in [1.807, 2.05) is 18.2 Å². The lowest BCUT2D eigenvalue weighted by atomic mass is 9.95. The molecular weight excluding hydrogens is 318 g/mol. The summed E-state index contributed by atoms with van der Waals surface area (Å²) in [6, 6.07) is 18.8. The molecule has 0 saturated carbocycles. The molecule has 2 aromatic rings. The minimum Gasteiger partial charge on any atom is -0.356 e. The molecule has 1 aliphatic rings. The Hall–Kier alpha value is -1.35. The van der Waals surface area contributed by atoms with Crippen LogP contribution in [0.15, 0.2) is 54.6 Å². The van der Waals surface area contributed by atoms with Crippen LogP contribution in [0.4, 0.5) is 0 Å². The van der Waals surface area contributed by atoms with Crippen LogP contribution in [-0.2, 0) is 11.3 Å². The fraction of sp³-hybridized carbons (Fsp3) is 0.429. The molecule has 1 saturated heterocycles. The molecule has 1 fully saturated rings. The summed E-state index contributed by atoms with van der Waals surface area (Å²) in [5, 5.41) is 0.834. The summed E-state index contributed by atoms with van der Waals surface area (Å²) in [6.45, 7) is 6.14. The Bertz CT molecular complexity index is 660. The fourth-order valence-corrected chi connectivity index (χ4v) is 3.96. The summed E-state index contributed by atoms with van der Waals surface area (Å²) in [4.78, 5) is 2.47. The van der Waals surface area contributed by atoms with Crippen LogP contribution in [0.2, 0.25) is 5.02 Å². The van der Waals surface area contributed by atoms with Crippen LogP contribution in [0.5, 0.6) is 0 Å². The number of likely N-dealkylation sites (tertiary alicyclic amines) is 1. The molecule has 2 nitrogen and oxygen atoms in total. The number of nitrogens with zero attached hydrogens (tertiary/aromatic N) is 1. The monoisotopic (exact) mass is 343 g/mol. The number of benzene rings is 2. The molecule has 0 aromatic heterocycles. The topological polar surface area (TPSA) is 12.5 Å². The van der Waals surface area contributed by atoms with Gasteiger partial charge in [-0.3, -0.25) is 4.90 Å². The third-order valence-corrected chi connectivity index (χ3v) is 5.46. The summed E-state index contributed by atoms with van der Waals surface area (Å²) < 4.78 is 6.43. The van der Waals surface area contributed by atoms with Crippen LogP contribution in [-0.4, -0.2) is 17.2 Å². The van der Waals surface area contributed by atoms with Gasteiger partial charge in [-0.1, -0.05) is 60.1 Å². The van der Waals surface area contributed by atoms with Crippen LogP contribution in [0, 0.1) is 0 Å². The predicted molar refractivity (Wildman–Crippen MR) is 100 cm³/mol. The number of piperidine rings is 1. The second-order valence-electron chi connectivity index (χ2n) is 6.80. The van der Waals surface area contributed by atoms with E-state index < -0.39 is 0 Å². The van der Waals surface area contributed by atoms with Crippen LogP contribution < -0.4 is 0 Å². The highest BCUT2D eigenvalue weighted by molar-refractivity contribution is 6.31. The Labute approximate surface area is 150 Å². The van der Waals surface area contributed by atoms with E-state index in [1.54, 1.807) is 0 Å². The lowest BCUT2D eigenvalue weighted by Gasteiger charge is -2.48. The molecule has 2 unspecified atom stereocenters. The third-order valence-electron chi connectivity index (χ3n) is 5.11. The van der Waals surface area contributed by atoms with Crippen molar-refractivity contribution in [1.82, 2.24) is 4.90 Å². The largest absolute Gasteiger partial charge is 0.356 e. The first-order valence-corrected chi connectivity index (χ1v) is 9.17. The van der Waals surface area contributed by atoms with Crippen molar-refractivity contribution in [3.8, 4) is 0 Å². The van der Waals surface area contributed by atoms with Gasteiger partial charge in [0.15, 0.2) is 0 Å². The maximum absolute atomic E-state index is 6.44. The van der Waals surface area contributed by atoms with Crippen molar-refractivity contribution in [1.29, 1.82) is 0 Å². The van der Waals surface area contributed by atoms with E-state index in [2.05, 4.69) is 55.1 Å². The molecule has 3 rings (SSSR count). The van der Waals surface area contributed by atoms with Gasteiger partial charge in [-0.05, 0) is 50.3 Å². The molecule has 128 valence electrons. The second kappa shape index (κ2) is 7.69. The molecule has 2 atom stereocenters. The quantitative estimate of drug-likeness (QED) is 0.678. The first-order valence-electron chi connectivity index (χ1n) is 8.79. The number of hydrogen-bond acceptors (Lipinski definition) is 2. The molecule has 0 aliphatic carbocycles. The molecular formula is C21H26ClNO. The highest BCUT2D eigenvalue weighted by Gasteiger charge is 2.38. The van der Waals surface area contributed by atoms with Crippen molar-refractivity contribution >= 4 is 11.6 Å². The summed E-state index contributed by atoms with van der Waals surface area (Å²) in [6.07, 6.45) is 3.46. The van der Waals surface area contributed by atoms with Gasteiger partial charge in [0.05, 0.1) is 6.61 Å². The molecule has 0 bridgehead atoms. The first kappa shape index (κ1) is 17.5. The van der Waals surface area contributed by atoms with Gasteiger partial charge in [0.25, 0.3) is 0 Å². The Morgan fingerprint density at radius 2 is 1.79 bits per heavy atom. The average molecular weight is 344 g/mol. The van der Waals surface area contributed by atoms with Crippen molar-refractivity contribution in [2.24, 2.45) is 0 Å². The molecule has 0 amide bonds. The predicted octanol–water partition coefficient (Wildman–Crippen LogP) is 5.82. The highest BCUT2D eigenvalue weighted by atomic mass is 35.5. The molecule has 1 heterocycles. The Morgan fingerprint density at radius 1 is 1.08 bits per heavy atom. The van der Waals surface area contributed by atoms with Crippen LogP contribution in [0.25, 0.3) is 0 Å². The molecule has 2 aromatic carbocycles. The van der Waals surface area contributed by atoms with Crippen LogP contribution in [0.3, 0.4) is 0 Å². The summed E-state index contributed by atoms with van der Waals surface area (Å²) in [7, 11) is 0. The number of halogens is 1. The zero-order chi connectivity index (χ0) is 17.0. The lowest BCUT2D eigenvalue weighted by molar-refractivity contribution is -0.185. The van der Waals surface area contributed by atoms with E-state index in [9.17, 15) is 0 Å². The van der Waals surface area contributed by atoms with E-state index in [-0.39, 0.29) is 11.8 Å². The van der Waals surface area contributed by atoms with Crippen molar-refractivity contribution in [2.75, 3.05) is 6.54 Å². The third kappa shape index (κ3) is 3.83. The van der Waals surface area contributed by atoms with E-state index in [0.29, 0.717) is 6.61 Å². The van der Waals surface area contributed by atoms with E-state index >= 15 is 0 Å². The summed E-state index contributed by atoms with van der Waals surface area (Å²) in [5.41, 5.74) is 2.14. The molecule has 1 aliphatic heterocycles. The maximum Gasteiger partial charge on any atom is 0.119 e. The Kier molecular flexibility index (Phi) is 5.60. The zero-order valence-corrected chi connectivity index (χ0v) is 15.3. The van der Waals surface area contributed by atoms with Gasteiger partial charge in [0.2, 0.25) is 0 Å². The Balaban J connectivity index is 1.78. The number of rotatable bonds is 5. The normalized spacial score (nSPS) is 23.1. The van der Waals surface area contributed by atoms with Gasteiger partial charge >= 0.3 is 0 Å². The summed E-state index contributed by atoms with van der Waals surface area (Å²) >= 11 is 6.44. The van der Waals surface area contributed by atoms with Crippen molar-refractivity contribution < 1.29 is 4.74 Å². The fourth-order valence-electron chi connectivity index (χ4n) is 3.67. The van der Waals surface area contributed by atoms with Gasteiger partial charge < -0.3 is 4.74 Å². The first-order chi connectivity index (χ1) is 11.6. The van der Waals surface area contributed by atoms with Crippen LogP contribution >= 0.6 is 11.6 Å². The van der Waals surface area contributed by atoms with E-state index in [1.165, 1.54) is 24.0 Å². The van der Waals surface area contributed by atoms with Crippen molar-refractivity contribution in [3.05, 3.63) is 70.7 Å². The van der Waals surface area contributed by atoms with Gasteiger partial charge in [0.1, 0.15) is 5.72 Å². The van der Waals surface area contributed by atoms with E-state index in [0.717, 1.165) is 18.0 Å². The van der Waals surface area contributed by atoms with Gasteiger partial charge in [-0.2, -0.15) is 0 Å². The standard InChI is InChI=1S/C21H26ClNO/c1-17(19-12-6-7-13-20(19)22)23-15-9-8-14-21(23,2)24-16-18-10-4-3-5-11-18/h3-7,10-13,17H,8-9,14-16H2,1-2H3. The smallest absolute Gasteiger partial charge is 0.119 e. The zero-order valence-electron chi connectivity index (χ0n) is 14.5. The minimum atomic E-state index is -0.257. The maximum atomic E-state index is 6.44. The molecule has 0 spiro atoms. The molecule has 3 heteroatoms. The van der Waals surface area contributed by atoms with Crippen molar-refractivity contribution in [2.45, 2.75) is 51.5 Å². The average Bonchev–Trinajstić information content (AvgIpc) is 2.61. The molecule has 0 N–H and O–H groups in total. The van der Waals surface area contributed by atoms with Gasteiger partial charge in [-0.15, -0.1) is 0 Å². The summed E-state index contributed by atoms with van der Waals surface area (Å²) in [5.74, 6) is 0. The van der Waals surface area contributed by atoms with E-state index in [4.69, 9.17) is 16.3 Å². The molecule has 24 heavy (non-hydrogen) atoms. The SMILES string of the molecule is CC(c1ccccc1Cl)N1CCCCC1(C)OCc1ccccc1. The van der Waals surface area contributed by atoms with Gasteiger partial charge in [0, 0.05) is 17.6 Å². The van der Waals surface area contributed by atoms with Gasteiger partial charge in [-0.25, -0.2) is 0 Å². The molecule has 0 radical (unpaired) electrons. The lowest BCUT2D eigenvalue weighted by Crippen LogP contribution is -2.52. The van der Waals surface area contributed by atoms with Crippen molar-refractivity contribution in [3.63, 3.8) is 0 Å². The highest BCUT2D eigenvalue weighted by Crippen LogP contribution is 2.38. The number of hydrogen-bond donors (Lipinski definition) is 0. The van der Waals surface area contributed by atoms with Crippen LogP contribution in [0.1, 0.15) is 50.3 Å².